The van der Waals surface area contributed by atoms with Gasteiger partial charge in [0, 0.05) is 24.5 Å². The Hall–Kier alpha value is -1.20. The van der Waals surface area contributed by atoms with Crippen molar-refractivity contribution in [1.82, 2.24) is 10.6 Å². The van der Waals surface area contributed by atoms with Gasteiger partial charge in [-0.25, -0.2) is 8.78 Å². The number of nitrogens with one attached hydrogen (secondary N) is 2. The van der Waals surface area contributed by atoms with Crippen molar-refractivity contribution in [3.63, 3.8) is 0 Å². The summed E-state index contributed by atoms with van der Waals surface area (Å²) in [5, 5.41) is 5.87. The molecule has 2 atom stereocenters. The highest BCUT2D eigenvalue weighted by Crippen LogP contribution is 2.17. The van der Waals surface area contributed by atoms with Crippen LogP contribution in [0.4, 0.5) is 8.78 Å². The Bertz CT molecular complexity index is 470. The van der Waals surface area contributed by atoms with Crippen LogP contribution in [0.2, 0.25) is 5.02 Å². The van der Waals surface area contributed by atoms with E-state index in [1.165, 1.54) is 12.1 Å². The Balaban J connectivity index is 1.78. The molecule has 3 nitrogen and oxygen atoms in total. The molecule has 104 valence electrons. The number of benzene rings is 1. The topological polar surface area (TPSA) is 41.1 Å². The molecule has 19 heavy (non-hydrogen) atoms. The van der Waals surface area contributed by atoms with Crippen LogP contribution in [0.5, 0.6) is 0 Å². The highest BCUT2D eigenvalue weighted by molar-refractivity contribution is 6.31. The van der Waals surface area contributed by atoms with E-state index < -0.39 is 12.2 Å². The van der Waals surface area contributed by atoms with Crippen molar-refractivity contribution < 1.29 is 13.6 Å². The number of halogens is 3. The van der Waals surface area contributed by atoms with Gasteiger partial charge in [-0.2, -0.15) is 0 Å². The molecule has 2 N–H and O–H groups in total. The zero-order valence-electron chi connectivity index (χ0n) is 10.3. The molecule has 1 saturated heterocycles. The zero-order chi connectivity index (χ0) is 13.8. The molecular formula is C13H15ClF2N2O. The minimum atomic E-state index is -0.956. The number of carbonyl (C=O) groups is 1. The number of amides is 1. The summed E-state index contributed by atoms with van der Waals surface area (Å²) in [6, 6.07) is 3.70. The average Bonchev–Trinajstić information content (AvgIpc) is 2.78. The maximum absolute atomic E-state index is 12.9. The van der Waals surface area contributed by atoms with Gasteiger partial charge in [0.25, 0.3) is 0 Å². The van der Waals surface area contributed by atoms with Crippen molar-refractivity contribution in [1.29, 1.82) is 0 Å². The van der Waals surface area contributed by atoms with Crippen molar-refractivity contribution >= 4 is 17.5 Å². The number of hydrogen-bond donors (Lipinski definition) is 2. The summed E-state index contributed by atoms with van der Waals surface area (Å²) in [6.07, 6.45) is -0.234. The van der Waals surface area contributed by atoms with Crippen molar-refractivity contribution in [3.05, 3.63) is 34.6 Å². The first-order valence-electron chi connectivity index (χ1n) is 6.15. The molecule has 1 amide bonds. The summed E-state index contributed by atoms with van der Waals surface area (Å²) in [5.74, 6) is -0.597. The van der Waals surface area contributed by atoms with Crippen LogP contribution >= 0.6 is 11.6 Å². The molecule has 0 saturated carbocycles. The van der Waals surface area contributed by atoms with E-state index in [1.54, 1.807) is 6.07 Å². The Morgan fingerprint density at radius 3 is 2.95 bits per heavy atom. The SMILES string of the molecule is O=C(NCCc1ccc(F)cc1Cl)[C@H]1C[C@H](F)CN1. The van der Waals surface area contributed by atoms with Gasteiger partial charge in [-0.1, -0.05) is 17.7 Å². The lowest BCUT2D eigenvalue weighted by atomic mass is 10.1. The summed E-state index contributed by atoms with van der Waals surface area (Å²) >= 11 is 5.88. The normalized spacial score (nSPS) is 22.5. The molecular weight excluding hydrogens is 274 g/mol. The average molecular weight is 289 g/mol. The lowest BCUT2D eigenvalue weighted by molar-refractivity contribution is -0.122. The molecule has 1 aliphatic heterocycles. The largest absolute Gasteiger partial charge is 0.354 e. The fraction of sp³-hybridized carbons (Fsp3) is 0.462. The van der Waals surface area contributed by atoms with Crippen LogP contribution in [-0.2, 0) is 11.2 Å². The molecule has 2 rings (SSSR count). The molecule has 0 radical (unpaired) electrons. The first kappa shape index (κ1) is 14.2. The molecule has 0 unspecified atom stereocenters. The number of carbonyl (C=O) groups excluding carboxylic acids is 1. The first-order valence-corrected chi connectivity index (χ1v) is 6.53. The summed E-state index contributed by atoms with van der Waals surface area (Å²) < 4.78 is 25.8. The van der Waals surface area contributed by atoms with Gasteiger partial charge in [-0.3, -0.25) is 4.79 Å². The molecule has 1 aromatic rings. The van der Waals surface area contributed by atoms with Gasteiger partial charge in [0.15, 0.2) is 0 Å². The minimum Gasteiger partial charge on any atom is -0.354 e. The van der Waals surface area contributed by atoms with E-state index in [-0.39, 0.29) is 24.7 Å². The van der Waals surface area contributed by atoms with Crippen LogP contribution < -0.4 is 10.6 Å². The number of alkyl halides is 1. The smallest absolute Gasteiger partial charge is 0.237 e. The predicted molar refractivity (Wildman–Crippen MR) is 69.4 cm³/mol. The molecule has 0 bridgehead atoms. The molecule has 1 fully saturated rings. The van der Waals surface area contributed by atoms with Gasteiger partial charge in [-0.05, 0) is 24.1 Å². The highest BCUT2D eigenvalue weighted by Gasteiger charge is 2.28. The molecule has 0 aromatic heterocycles. The predicted octanol–water partition coefficient (Wildman–Crippen LogP) is 1.84. The molecule has 0 aliphatic carbocycles. The van der Waals surface area contributed by atoms with Gasteiger partial charge in [-0.15, -0.1) is 0 Å². The summed E-state index contributed by atoms with van der Waals surface area (Å²) in [4.78, 5) is 11.7. The van der Waals surface area contributed by atoms with E-state index in [9.17, 15) is 13.6 Å². The van der Waals surface area contributed by atoms with Crippen LogP contribution in [0, 0.1) is 5.82 Å². The van der Waals surface area contributed by atoms with Crippen molar-refractivity contribution in [3.8, 4) is 0 Å². The van der Waals surface area contributed by atoms with E-state index >= 15 is 0 Å². The second-order valence-electron chi connectivity index (χ2n) is 4.57. The Morgan fingerprint density at radius 2 is 2.32 bits per heavy atom. The summed E-state index contributed by atoms with van der Waals surface area (Å²) in [6.45, 7) is 0.612. The van der Waals surface area contributed by atoms with Crippen molar-refractivity contribution in [2.75, 3.05) is 13.1 Å². The van der Waals surface area contributed by atoms with Crippen LogP contribution in [-0.4, -0.2) is 31.2 Å². The molecule has 0 spiro atoms. The Morgan fingerprint density at radius 1 is 1.53 bits per heavy atom. The standard InChI is InChI=1S/C13H15ClF2N2O/c14-11-5-9(15)2-1-8(11)3-4-17-13(19)12-6-10(16)7-18-12/h1-2,5,10,12,18H,3-4,6-7H2,(H,17,19)/t10-,12+/m0/s1. The van der Waals surface area contributed by atoms with Crippen LogP contribution in [0.25, 0.3) is 0 Å². The van der Waals surface area contributed by atoms with E-state index in [0.717, 1.165) is 5.56 Å². The van der Waals surface area contributed by atoms with Crippen molar-refractivity contribution in [2.24, 2.45) is 0 Å². The molecule has 1 heterocycles. The maximum atomic E-state index is 12.9. The van der Waals surface area contributed by atoms with E-state index in [2.05, 4.69) is 10.6 Å². The quantitative estimate of drug-likeness (QED) is 0.888. The number of hydrogen-bond acceptors (Lipinski definition) is 2. The van der Waals surface area contributed by atoms with Crippen LogP contribution in [0.3, 0.4) is 0 Å². The number of rotatable bonds is 4. The van der Waals surface area contributed by atoms with E-state index in [4.69, 9.17) is 11.6 Å². The van der Waals surface area contributed by atoms with Crippen LogP contribution in [0.1, 0.15) is 12.0 Å². The minimum absolute atomic E-state index is 0.210. The monoisotopic (exact) mass is 288 g/mol. The Kier molecular flexibility index (Phi) is 4.71. The van der Waals surface area contributed by atoms with Gasteiger partial charge in [0.2, 0.25) is 5.91 Å². The Labute approximate surface area is 115 Å². The van der Waals surface area contributed by atoms with E-state index in [0.29, 0.717) is 18.0 Å². The van der Waals surface area contributed by atoms with Crippen LogP contribution in [0.15, 0.2) is 18.2 Å². The fourth-order valence-corrected chi connectivity index (χ4v) is 2.32. The zero-order valence-corrected chi connectivity index (χ0v) is 11.0. The van der Waals surface area contributed by atoms with E-state index in [1.807, 2.05) is 0 Å². The lowest BCUT2D eigenvalue weighted by Crippen LogP contribution is -2.41. The lowest BCUT2D eigenvalue weighted by Gasteiger charge is -2.11. The first-order chi connectivity index (χ1) is 9.06. The highest BCUT2D eigenvalue weighted by atomic mass is 35.5. The second kappa shape index (κ2) is 6.30. The third-order valence-electron chi connectivity index (χ3n) is 3.10. The fourth-order valence-electron chi connectivity index (χ4n) is 2.06. The maximum Gasteiger partial charge on any atom is 0.237 e. The second-order valence-corrected chi connectivity index (χ2v) is 4.98. The van der Waals surface area contributed by atoms with Crippen molar-refractivity contribution in [2.45, 2.75) is 25.1 Å². The molecule has 1 aliphatic rings. The summed E-state index contributed by atoms with van der Waals surface area (Å²) in [7, 11) is 0. The molecule has 1 aromatic carbocycles. The molecule has 6 heteroatoms. The van der Waals surface area contributed by atoms with Gasteiger partial charge < -0.3 is 10.6 Å². The summed E-state index contributed by atoms with van der Waals surface area (Å²) in [5.41, 5.74) is 0.770. The van der Waals surface area contributed by atoms with Gasteiger partial charge in [0.1, 0.15) is 12.0 Å². The van der Waals surface area contributed by atoms with Gasteiger partial charge in [0.05, 0.1) is 6.04 Å². The third-order valence-corrected chi connectivity index (χ3v) is 3.45. The van der Waals surface area contributed by atoms with Gasteiger partial charge >= 0.3 is 0 Å². The third kappa shape index (κ3) is 3.88.